The molecular formula is C18H24N4O2. The molecule has 128 valence electrons. The van der Waals surface area contributed by atoms with Gasteiger partial charge < -0.3 is 15.4 Å². The van der Waals surface area contributed by atoms with Crippen LogP contribution in [0.1, 0.15) is 36.8 Å². The van der Waals surface area contributed by atoms with Crippen molar-refractivity contribution in [1.29, 1.82) is 0 Å². The number of hydrogen-bond acceptors (Lipinski definition) is 5. The zero-order chi connectivity index (χ0) is 17.6. The molecule has 1 aromatic carbocycles. The first kappa shape index (κ1) is 17.7. The van der Waals surface area contributed by atoms with Crippen molar-refractivity contribution in [1.82, 2.24) is 15.3 Å². The number of nitrogens with zero attached hydrogens (tertiary/aromatic N) is 2. The van der Waals surface area contributed by atoms with Crippen LogP contribution in [-0.2, 0) is 6.42 Å². The minimum Gasteiger partial charge on any atom is -0.496 e. The van der Waals surface area contributed by atoms with Crippen LogP contribution in [0.2, 0.25) is 0 Å². The van der Waals surface area contributed by atoms with E-state index in [0.29, 0.717) is 24.6 Å². The smallest absolute Gasteiger partial charge is 0.270 e. The number of ether oxygens (including phenoxy) is 1. The monoisotopic (exact) mass is 328 g/mol. The Bertz CT molecular complexity index is 695. The lowest BCUT2D eigenvalue weighted by molar-refractivity contribution is 0.0949. The number of methoxy groups -OCH3 is 1. The number of amides is 1. The molecule has 0 saturated carbocycles. The van der Waals surface area contributed by atoms with Gasteiger partial charge in [-0.2, -0.15) is 0 Å². The van der Waals surface area contributed by atoms with Gasteiger partial charge in [-0.1, -0.05) is 18.2 Å². The standard InChI is InChI=1S/C18H24N4O2/c1-18(2,3)22-17-20-12-10-14(21-17)16(23)19-11-9-13-7-5-6-8-15(13)24-4/h5-8,10,12H,9,11H2,1-4H3,(H,19,23)(H,20,21,22). The van der Waals surface area contributed by atoms with E-state index >= 15 is 0 Å². The molecule has 0 spiro atoms. The van der Waals surface area contributed by atoms with Gasteiger partial charge in [0.15, 0.2) is 0 Å². The fraction of sp³-hybridized carbons (Fsp3) is 0.389. The molecule has 2 N–H and O–H groups in total. The van der Waals surface area contributed by atoms with Gasteiger partial charge in [0, 0.05) is 18.3 Å². The first-order chi connectivity index (χ1) is 11.4. The third-order valence-corrected chi connectivity index (χ3v) is 3.25. The quantitative estimate of drug-likeness (QED) is 0.852. The molecule has 0 atom stereocenters. The van der Waals surface area contributed by atoms with Crippen molar-refractivity contribution in [2.24, 2.45) is 0 Å². The molecule has 1 aromatic heterocycles. The zero-order valence-corrected chi connectivity index (χ0v) is 14.6. The third kappa shape index (κ3) is 5.22. The Labute approximate surface area is 142 Å². The maximum Gasteiger partial charge on any atom is 0.270 e. The number of rotatable bonds is 6. The van der Waals surface area contributed by atoms with Crippen LogP contribution in [0.4, 0.5) is 5.95 Å². The van der Waals surface area contributed by atoms with Crippen molar-refractivity contribution in [3.8, 4) is 5.75 Å². The summed E-state index contributed by atoms with van der Waals surface area (Å²) < 4.78 is 5.31. The van der Waals surface area contributed by atoms with E-state index in [1.807, 2.05) is 45.0 Å². The second-order valence-corrected chi connectivity index (χ2v) is 6.46. The summed E-state index contributed by atoms with van der Waals surface area (Å²) in [4.78, 5) is 20.6. The van der Waals surface area contributed by atoms with E-state index in [1.54, 1.807) is 19.4 Å². The van der Waals surface area contributed by atoms with Gasteiger partial charge in [-0.3, -0.25) is 4.79 Å². The number of aromatic nitrogens is 2. The van der Waals surface area contributed by atoms with E-state index in [4.69, 9.17) is 4.74 Å². The Morgan fingerprint density at radius 3 is 2.67 bits per heavy atom. The number of carbonyl (C=O) groups is 1. The minimum atomic E-state index is -0.218. The highest BCUT2D eigenvalue weighted by atomic mass is 16.5. The zero-order valence-electron chi connectivity index (χ0n) is 14.6. The van der Waals surface area contributed by atoms with Crippen LogP contribution in [0.15, 0.2) is 36.5 Å². The summed E-state index contributed by atoms with van der Waals surface area (Å²) in [7, 11) is 1.64. The Morgan fingerprint density at radius 1 is 1.21 bits per heavy atom. The van der Waals surface area contributed by atoms with Gasteiger partial charge in [0.1, 0.15) is 11.4 Å². The lowest BCUT2D eigenvalue weighted by atomic mass is 10.1. The Kier molecular flexibility index (Phi) is 5.73. The van der Waals surface area contributed by atoms with Crippen LogP contribution >= 0.6 is 0 Å². The average Bonchev–Trinajstić information content (AvgIpc) is 2.54. The van der Waals surface area contributed by atoms with Gasteiger partial charge in [-0.15, -0.1) is 0 Å². The molecule has 0 saturated heterocycles. The van der Waals surface area contributed by atoms with Crippen LogP contribution in [0, 0.1) is 0 Å². The Hall–Kier alpha value is -2.63. The Balaban J connectivity index is 1.94. The largest absolute Gasteiger partial charge is 0.496 e. The molecule has 6 nitrogen and oxygen atoms in total. The summed E-state index contributed by atoms with van der Waals surface area (Å²) in [5, 5.41) is 6.03. The lowest BCUT2D eigenvalue weighted by Gasteiger charge is -2.20. The Morgan fingerprint density at radius 2 is 1.96 bits per heavy atom. The maximum atomic E-state index is 12.2. The topological polar surface area (TPSA) is 76.1 Å². The summed E-state index contributed by atoms with van der Waals surface area (Å²) in [6.07, 6.45) is 2.27. The normalized spacial score (nSPS) is 11.0. The SMILES string of the molecule is COc1ccccc1CCNC(=O)c1ccnc(NC(C)(C)C)n1. The summed E-state index contributed by atoms with van der Waals surface area (Å²) in [5.74, 6) is 1.05. The number of nitrogens with one attached hydrogen (secondary N) is 2. The molecular weight excluding hydrogens is 304 g/mol. The summed E-state index contributed by atoms with van der Waals surface area (Å²) in [5.41, 5.74) is 1.23. The van der Waals surface area contributed by atoms with Crippen LogP contribution in [0.5, 0.6) is 5.75 Å². The van der Waals surface area contributed by atoms with E-state index in [-0.39, 0.29) is 11.4 Å². The summed E-state index contributed by atoms with van der Waals surface area (Å²) >= 11 is 0. The highest BCUT2D eigenvalue weighted by Crippen LogP contribution is 2.17. The van der Waals surface area contributed by atoms with Crippen molar-refractivity contribution in [2.75, 3.05) is 19.0 Å². The van der Waals surface area contributed by atoms with Crippen molar-refractivity contribution < 1.29 is 9.53 Å². The molecule has 2 aromatic rings. The van der Waals surface area contributed by atoms with Crippen molar-refractivity contribution in [3.05, 3.63) is 47.8 Å². The second kappa shape index (κ2) is 7.77. The van der Waals surface area contributed by atoms with Crippen LogP contribution in [0.3, 0.4) is 0 Å². The number of hydrogen-bond donors (Lipinski definition) is 2. The van der Waals surface area contributed by atoms with Crippen molar-refractivity contribution in [2.45, 2.75) is 32.7 Å². The molecule has 1 amide bonds. The fourth-order valence-corrected chi connectivity index (χ4v) is 2.19. The van der Waals surface area contributed by atoms with E-state index in [0.717, 1.165) is 11.3 Å². The van der Waals surface area contributed by atoms with Gasteiger partial charge >= 0.3 is 0 Å². The summed E-state index contributed by atoms with van der Waals surface area (Å²) in [6, 6.07) is 9.37. The molecule has 0 aliphatic heterocycles. The number of carbonyl (C=O) groups excluding carboxylic acids is 1. The van der Waals surface area contributed by atoms with Crippen molar-refractivity contribution >= 4 is 11.9 Å². The van der Waals surface area contributed by atoms with E-state index in [1.165, 1.54) is 0 Å². The van der Waals surface area contributed by atoms with E-state index in [9.17, 15) is 4.79 Å². The van der Waals surface area contributed by atoms with Gasteiger partial charge in [-0.25, -0.2) is 9.97 Å². The van der Waals surface area contributed by atoms with Crippen LogP contribution < -0.4 is 15.4 Å². The van der Waals surface area contributed by atoms with Gasteiger partial charge in [0.2, 0.25) is 5.95 Å². The van der Waals surface area contributed by atoms with Crippen LogP contribution in [0.25, 0.3) is 0 Å². The van der Waals surface area contributed by atoms with Gasteiger partial charge in [0.05, 0.1) is 7.11 Å². The molecule has 2 rings (SSSR count). The molecule has 0 bridgehead atoms. The minimum absolute atomic E-state index is 0.168. The average molecular weight is 328 g/mol. The molecule has 0 unspecified atom stereocenters. The van der Waals surface area contributed by atoms with Gasteiger partial charge in [-0.05, 0) is 44.9 Å². The molecule has 0 aliphatic carbocycles. The highest BCUT2D eigenvalue weighted by molar-refractivity contribution is 5.92. The predicted octanol–water partition coefficient (Wildman–Crippen LogP) is 2.67. The first-order valence-corrected chi connectivity index (χ1v) is 7.90. The van der Waals surface area contributed by atoms with E-state index in [2.05, 4.69) is 20.6 Å². The third-order valence-electron chi connectivity index (χ3n) is 3.25. The molecule has 6 heteroatoms. The second-order valence-electron chi connectivity index (χ2n) is 6.46. The van der Waals surface area contributed by atoms with E-state index < -0.39 is 0 Å². The molecule has 1 heterocycles. The number of benzene rings is 1. The number of anilines is 1. The van der Waals surface area contributed by atoms with Crippen LogP contribution in [-0.4, -0.2) is 35.1 Å². The predicted molar refractivity (Wildman–Crippen MR) is 94.4 cm³/mol. The number of para-hydroxylation sites is 1. The molecule has 24 heavy (non-hydrogen) atoms. The maximum absolute atomic E-state index is 12.2. The highest BCUT2D eigenvalue weighted by Gasteiger charge is 2.13. The lowest BCUT2D eigenvalue weighted by Crippen LogP contribution is -2.29. The van der Waals surface area contributed by atoms with Crippen molar-refractivity contribution in [3.63, 3.8) is 0 Å². The summed E-state index contributed by atoms with van der Waals surface area (Å²) in [6.45, 7) is 6.54. The molecule has 0 radical (unpaired) electrons. The fourth-order valence-electron chi connectivity index (χ4n) is 2.19. The molecule has 0 fully saturated rings. The van der Waals surface area contributed by atoms with Gasteiger partial charge in [0.25, 0.3) is 5.91 Å². The molecule has 0 aliphatic rings. The first-order valence-electron chi connectivity index (χ1n) is 7.90.